The van der Waals surface area contributed by atoms with Gasteiger partial charge in [0.1, 0.15) is 5.76 Å². The molecule has 1 heterocycles. The first kappa shape index (κ1) is 18.0. The van der Waals surface area contributed by atoms with Crippen LogP contribution in [0.3, 0.4) is 0 Å². The van der Waals surface area contributed by atoms with Crippen LogP contribution in [0.4, 0.5) is 4.79 Å². The third kappa shape index (κ3) is 3.71. The third-order valence-corrected chi connectivity index (χ3v) is 6.05. The largest absolute Gasteiger partial charge is 0.467 e. The number of carbonyl (C=O) groups excluding carboxylic acids is 3. The zero-order chi connectivity index (χ0) is 19.1. The molecule has 0 saturated heterocycles. The Morgan fingerprint density at radius 3 is 2.59 bits per heavy atom. The third-order valence-electron chi connectivity index (χ3n) is 6.05. The van der Waals surface area contributed by atoms with Gasteiger partial charge < -0.3 is 19.6 Å². The van der Waals surface area contributed by atoms with E-state index in [9.17, 15) is 19.5 Å². The van der Waals surface area contributed by atoms with Crippen LogP contribution in [0.2, 0.25) is 0 Å². The number of ether oxygens (including phenoxy) is 1. The van der Waals surface area contributed by atoms with Crippen LogP contribution in [0.5, 0.6) is 0 Å². The number of rotatable bonds is 5. The molecule has 3 N–H and O–H groups in total. The standard InChI is InChI=1S/C19H24N2O6/c22-15(21-17(24)20-9-14-2-1-3-26-14)10-27-16(23)18-5-12-4-13(6-18)8-19(25,7-12)11-18/h1-3,12-13,25H,4-11H2,(H2,20,21,22,24)/t12-,13+,18?,19?. The van der Waals surface area contributed by atoms with Crippen molar-refractivity contribution in [2.75, 3.05) is 6.61 Å². The van der Waals surface area contributed by atoms with Crippen molar-refractivity contribution in [3.8, 4) is 0 Å². The molecular weight excluding hydrogens is 352 g/mol. The van der Waals surface area contributed by atoms with E-state index in [4.69, 9.17) is 9.15 Å². The van der Waals surface area contributed by atoms with Gasteiger partial charge in [0, 0.05) is 0 Å². The van der Waals surface area contributed by atoms with Gasteiger partial charge in [0.05, 0.1) is 23.8 Å². The molecule has 27 heavy (non-hydrogen) atoms. The molecule has 4 bridgehead atoms. The first-order valence-corrected chi connectivity index (χ1v) is 9.36. The summed E-state index contributed by atoms with van der Waals surface area (Å²) in [6.45, 7) is -0.362. The number of nitrogens with one attached hydrogen (secondary N) is 2. The molecule has 0 aromatic carbocycles. The Kier molecular flexibility index (Phi) is 4.46. The second-order valence-corrected chi connectivity index (χ2v) is 8.35. The number of amides is 3. The minimum Gasteiger partial charge on any atom is -0.467 e. The Hall–Kier alpha value is -2.35. The first-order valence-electron chi connectivity index (χ1n) is 9.36. The highest BCUT2D eigenvalue weighted by atomic mass is 16.5. The van der Waals surface area contributed by atoms with Gasteiger partial charge in [-0.05, 0) is 62.5 Å². The summed E-state index contributed by atoms with van der Waals surface area (Å²) in [5, 5.41) is 15.3. The molecule has 1 aromatic rings. The Bertz CT molecular complexity index is 729. The van der Waals surface area contributed by atoms with E-state index in [1.54, 1.807) is 12.1 Å². The zero-order valence-corrected chi connectivity index (χ0v) is 15.0. The molecule has 4 saturated carbocycles. The number of hydrogen-bond acceptors (Lipinski definition) is 6. The van der Waals surface area contributed by atoms with Gasteiger partial charge >= 0.3 is 12.0 Å². The molecule has 146 valence electrons. The Balaban J connectivity index is 1.25. The van der Waals surface area contributed by atoms with Crippen molar-refractivity contribution in [3.05, 3.63) is 24.2 Å². The highest BCUT2D eigenvalue weighted by Crippen LogP contribution is 2.61. The van der Waals surface area contributed by atoms with Gasteiger partial charge in [0.2, 0.25) is 0 Å². The molecule has 4 atom stereocenters. The van der Waals surface area contributed by atoms with Crippen LogP contribution < -0.4 is 10.6 Å². The van der Waals surface area contributed by atoms with Crippen molar-refractivity contribution in [2.24, 2.45) is 17.3 Å². The number of furan rings is 1. The molecular formula is C19H24N2O6. The fourth-order valence-corrected chi connectivity index (χ4v) is 5.52. The predicted molar refractivity (Wildman–Crippen MR) is 92.1 cm³/mol. The summed E-state index contributed by atoms with van der Waals surface area (Å²) >= 11 is 0. The van der Waals surface area contributed by atoms with Gasteiger partial charge in [-0.15, -0.1) is 0 Å². The molecule has 4 fully saturated rings. The average molecular weight is 376 g/mol. The maximum Gasteiger partial charge on any atom is 0.321 e. The predicted octanol–water partition coefficient (Wildman–Crippen LogP) is 1.48. The number of aliphatic hydroxyl groups is 1. The normalized spacial score (nSPS) is 33.5. The fraction of sp³-hybridized carbons (Fsp3) is 0.632. The number of imide groups is 1. The summed E-state index contributed by atoms with van der Waals surface area (Å²) in [6.07, 6.45) is 5.92. The molecule has 8 heteroatoms. The topological polar surface area (TPSA) is 118 Å². The summed E-state index contributed by atoms with van der Waals surface area (Å²) < 4.78 is 10.3. The Morgan fingerprint density at radius 1 is 1.22 bits per heavy atom. The Morgan fingerprint density at radius 2 is 1.96 bits per heavy atom. The van der Waals surface area contributed by atoms with E-state index in [0.717, 1.165) is 32.1 Å². The lowest BCUT2D eigenvalue weighted by Crippen LogP contribution is -2.58. The van der Waals surface area contributed by atoms with E-state index in [1.165, 1.54) is 6.26 Å². The Labute approximate surface area is 156 Å². The monoisotopic (exact) mass is 376 g/mol. The van der Waals surface area contributed by atoms with Crippen LogP contribution in [0.1, 0.15) is 44.3 Å². The van der Waals surface area contributed by atoms with E-state index in [-0.39, 0.29) is 6.54 Å². The highest BCUT2D eigenvalue weighted by molar-refractivity contribution is 5.95. The van der Waals surface area contributed by atoms with Crippen molar-refractivity contribution in [1.82, 2.24) is 10.6 Å². The van der Waals surface area contributed by atoms with Crippen LogP contribution in [-0.4, -0.2) is 35.2 Å². The van der Waals surface area contributed by atoms with Gasteiger partial charge in [-0.25, -0.2) is 4.79 Å². The van der Waals surface area contributed by atoms with Crippen molar-refractivity contribution >= 4 is 17.9 Å². The van der Waals surface area contributed by atoms with Crippen LogP contribution in [0.15, 0.2) is 22.8 Å². The summed E-state index contributed by atoms with van der Waals surface area (Å²) in [5.41, 5.74) is -1.45. The van der Waals surface area contributed by atoms with Gasteiger partial charge in [-0.1, -0.05) is 0 Å². The van der Waals surface area contributed by atoms with E-state index < -0.39 is 35.5 Å². The summed E-state index contributed by atoms with van der Waals surface area (Å²) in [5.74, 6) is 0.142. The van der Waals surface area contributed by atoms with Crippen molar-refractivity contribution in [2.45, 2.75) is 50.7 Å². The van der Waals surface area contributed by atoms with E-state index in [1.807, 2.05) is 0 Å². The number of esters is 1. The molecule has 0 aliphatic heterocycles. The number of carbonyl (C=O) groups is 3. The van der Waals surface area contributed by atoms with Gasteiger partial charge in [0.25, 0.3) is 5.91 Å². The average Bonchev–Trinajstić information content (AvgIpc) is 3.09. The minimum atomic E-state index is -0.767. The van der Waals surface area contributed by atoms with Crippen molar-refractivity contribution in [3.63, 3.8) is 0 Å². The lowest BCUT2D eigenvalue weighted by molar-refractivity contribution is -0.196. The maximum atomic E-state index is 12.7. The minimum absolute atomic E-state index is 0.149. The molecule has 1 aromatic heterocycles. The van der Waals surface area contributed by atoms with E-state index >= 15 is 0 Å². The molecule has 0 spiro atoms. The van der Waals surface area contributed by atoms with Crippen LogP contribution in [0.25, 0.3) is 0 Å². The maximum absolute atomic E-state index is 12.7. The fourth-order valence-electron chi connectivity index (χ4n) is 5.52. The molecule has 4 aliphatic carbocycles. The summed E-state index contributed by atoms with van der Waals surface area (Å²) in [7, 11) is 0. The lowest BCUT2D eigenvalue weighted by Gasteiger charge is -2.58. The van der Waals surface area contributed by atoms with Crippen LogP contribution in [0, 0.1) is 17.3 Å². The summed E-state index contributed by atoms with van der Waals surface area (Å²) in [4.78, 5) is 36.3. The number of hydrogen-bond donors (Lipinski definition) is 3. The molecule has 2 unspecified atom stereocenters. The van der Waals surface area contributed by atoms with Gasteiger partial charge in [-0.2, -0.15) is 0 Å². The van der Waals surface area contributed by atoms with Crippen LogP contribution >= 0.6 is 0 Å². The second-order valence-electron chi connectivity index (χ2n) is 8.35. The molecule has 3 amide bonds. The smallest absolute Gasteiger partial charge is 0.321 e. The lowest BCUT2D eigenvalue weighted by atomic mass is 9.48. The first-order chi connectivity index (χ1) is 12.9. The highest BCUT2D eigenvalue weighted by Gasteiger charge is 2.60. The van der Waals surface area contributed by atoms with Gasteiger partial charge in [0.15, 0.2) is 6.61 Å². The van der Waals surface area contributed by atoms with Crippen molar-refractivity contribution < 1.29 is 28.6 Å². The molecule has 4 aliphatic rings. The SMILES string of the molecule is O=C(COC(=O)C12C[C@@H]3C[C@@H](CC(O)(C3)C1)C2)NC(=O)NCc1ccco1. The summed E-state index contributed by atoms with van der Waals surface area (Å²) in [6, 6.07) is 2.71. The molecule has 0 radical (unpaired) electrons. The number of urea groups is 1. The second kappa shape index (κ2) is 6.67. The van der Waals surface area contributed by atoms with Crippen LogP contribution in [-0.2, 0) is 20.9 Å². The zero-order valence-electron chi connectivity index (χ0n) is 15.0. The van der Waals surface area contributed by atoms with Crippen molar-refractivity contribution in [1.29, 1.82) is 0 Å². The molecule has 8 nitrogen and oxygen atoms in total. The van der Waals surface area contributed by atoms with E-state index in [2.05, 4.69) is 10.6 Å². The van der Waals surface area contributed by atoms with Gasteiger partial charge in [-0.3, -0.25) is 14.9 Å². The van der Waals surface area contributed by atoms with E-state index in [0.29, 0.717) is 24.0 Å². The molecule has 5 rings (SSSR count). The quantitative estimate of drug-likeness (QED) is 0.670.